The predicted octanol–water partition coefficient (Wildman–Crippen LogP) is 0.203. The van der Waals surface area contributed by atoms with Gasteiger partial charge in [0, 0.05) is 19.3 Å². The van der Waals surface area contributed by atoms with Gasteiger partial charge in [-0.3, -0.25) is 9.48 Å². The summed E-state index contributed by atoms with van der Waals surface area (Å²) in [4.78, 5) is 11.4. The Kier molecular flexibility index (Phi) is 2.39. The number of hydrogen-bond acceptors (Lipinski definition) is 3. The van der Waals surface area contributed by atoms with Crippen LogP contribution >= 0.6 is 0 Å². The lowest BCUT2D eigenvalue weighted by atomic mass is 10.5. The lowest BCUT2D eigenvalue weighted by Crippen LogP contribution is -2.29. The van der Waals surface area contributed by atoms with Crippen LogP contribution in [-0.2, 0) is 11.3 Å². The molecule has 0 radical (unpaired) electrons. The minimum atomic E-state index is 0.0400. The SMILES string of the molecule is CNc1cnn(CC(=O)NC2CC2)c1. The van der Waals surface area contributed by atoms with Crippen molar-refractivity contribution in [3.8, 4) is 0 Å². The maximum Gasteiger partial charge on any atom is 0.241 e. The van der Waals surface area contributed by atoms with Gasteiger partial charge >= 0.3 is 0 Å². The van der Waals surface area contributed by atoms with E-state index in [4.69, 9.17) is 0 Å². The highest BCUT2D eigenvalue weighted by Crippen LogP contribution is 2.18. The summed E-state index contributed by atoms with van der Waals surface area (Å²) in [6.45, 7) is 0.304. The zero-order valence-electron chi connectivity index (χ0n) is 8.16. The van der Waals surface area contributed by atoms with Gasteiger partial charge in [0.15, 0.2) is 0 Å². The van der Waals surface area contributed by atoms with E-state index in [1.54, 1.807) is 10.9 Å². The van der Waals surface area contributed by atoms with Crippen molar-refractivity contribution >= 4 is 11.6 Å². The topological polar surface area (TPSA) is 59.0 Å². The van der Waals surface area contributed by atoms with E-state index < -0.39 is 0 Å². The summed E-state index contributed by atoms with van der Waals surface area (Å²) >= 11 is 0. The fourth-order valence-corrected chi connectivity index (χ4v) is 1.23. The van der Waals surface area contributed by atoms with Gasteiger partial charge in [-0.25, -0.2) is 0 Å². The van der Waals surface area contributed by atoms with Crippen LogP contribution in [0, 0.1) is 0 Å². The maximum absolute atomic E-state index is 11.4. The van der Waals surface area contributed by atoms with Gasteiger partial charge in [0.25, 0.3) is 0 Å². The summed E-state index contributed by atoms with van der Waals surface area (Å²) in [5, 5.41) is 9.92. The molecule has 1 aromatic heterocycles. The molecular weight excluding hydrogens is 180 g/mol. The number of rotatable bonds is 4. The Bertz CT molecular complexity index is 329. The third-order valence-electron chi connectivity index (χ3n) is 2.17. The number of carbonyl (C=O) groups excluding carboxylic acids is 1. The van der Waals surface area contributed by atoms with Crippen LogP contribution in [-0.4, -0.2) is 28.8 Å². The second kappa shape index (κ2) is 3.69. The van der Waals surface area contributed by atoms with Crippen molar-refractivity contribution in [1.82, 2.24) is 15.1 Å². The molecule has 0 bridgehead atoms. The van der Waals surface area contributed by atoms with Crippen molar-refractivity contribution in [1.29, 1.82) is 0 Å². The molecule has 5 heteroatoms. The smallest absolute Gasteiger partial charge is 0.241 e. The molecule has 1 fully saturated rings. The van der Waals surface area contributed by atoms with E-state index in [0.29, 0.717) is 12.6 Å². The second-order valence-corrected chi connectivity index (χ2v) is 3.52. The molecule has 0 aromatic carbocycles. The fourth-order valence-electron chi connectivity index (χ4n) is 1.23. The summed E-state index contributed by atoms with van der Waals surface area (Å²) in [7, 11) is 1.83. The molecule has 0 saturated heterocycles. The summed E-state index contributed by atoms with van der Waals surface area (Å²) in [5.74, 6) is 0.0400. The van der Waals surface area contributed by atoms with Gasteiger partial charge in [-0.1, -0.05) is 0 Å². The Balaban J connectivity index is 1.85. The lowest BCUT2D eigenvalue weighted by Gasteiger charge is -2.02. The monoisotopic (exact) mass is 194 g/mol. The second-order valence-electron chi connectivity index (χ2n) is 3.52. The van der Waals surface area contributed by atoms with Crippen molar-refractivity contribution in [2.45, 2.75) is 25.4 Å². The molecule has 0 unspecified atom stereocenters. The first-order valence-corrected chi connectivity index (χ1v) is 4.77. The van der Waals surface area contributed by atoms with Crippen molar-refractivity contribution in [2.75, 3.05) is 12.4 Å². The van der Waals surface area contributed by atoms with Crippen LogP contribution in [0.4, 0.5) is 5.69 Å². The third kappa shape index (κ3) is 2.25. The van der Waals surface area contributed by atoms with Gasteiger partial charge in [0.1, 0.15) is 6.54 Å². The normalized spacial score (nSPS) is 15.2. The average molecular weight is 194 g/mol. The first kappa shape index (κ1) is 9.05. The van der Waals surface area contributed by atoms with E-state index >= 15 is 0 Å². The summed E-state index contributed by atoms with van der Waals surface area (Å²) in [6.07, 6.45) is 5.75. The van der Waals surface area contributed by atoms with Crippen molar-refractivity contribution in [3.05, 3.63) is 12.4 Å². The Labute approximate surface area is 82.5 Å². The molecular formula is C9H14N4O. The number of nitrogens with zero attached hydrogens (tertiary/aromatic N) is 2. The van der Waals surface area contributed by atoms with Gasteiger partial charge in [0.05, 0.1) is 11.9 Å². The minimum absolute atomic E-state index is 0.0400. The summed E-state index contributed by atoms with van der Waals surface area (Å²) < 4.78 is 1.63. The van der Waals surface area contributed by atoms with E-state index in [2.05, 4.69) is 15.7 Å². The Morgan fingerprint density at radius 2 is 2.50 bits per heavy atom. The standard InChI is InChI=1S/C9H14N4O/c1-10-8-4-11-13(5-8)6-9(14)12-7-2-3-7/h4-5,7,10H,2-3,6H2,1H3,(H,12,14). The van der Waals surface area contributed by atoms with Crippen molar-refractivity contribution in [2.24, 2.45) is 0 Å². The molecule has 1 amide bonds. The largest absolute Gasteiger partial charge is 0.386 e. The molecule has 0 atom stereocenters. The van der Waals surface area contributed by atoms with Crippen LogP contribution in [0.15, 0.2) is 12.4 Å². The fraction of sp³-hybridized carbons (Fsp3) is 0.556. The third-order valence-corrected chi connectivity index (χ3v) is 2.17. The summed E-state index contributed by atoms with van der Waals surface area (Å²) in [6, 6.07) is 0.418. The Hall–Kier alpha value is -1.52. The predicted molar refractivity (Wildman–Crippen MR) is 52.9 cm³/mol. The van der Waals surface area contributed by atoms with E-state index in [1.165, 1.54) is 0 Å². The van der Waals surface area contributed by atoms with Gasteiger partial charge < -0.3 is 10.6 Å². The van der Waals surface area contributed by atoms with Gasteiger partial charge in [-0.2, -0.15) is 5.10 Å². The van der Waals surface area contributed by atoms with Gasteiger partial charge in [0.2, 0.25) is 5.91 Å². The van der Waals surface area contributed by atoms with Crippen LogP contribution in [0.3, 0.4) is 0 Å². The van der Waals surface area contributed by atoms with Crippen LogP contribution in [0.1, 0.15) is 12.8 Å². The number of aromatic nitrogens is 2. The van der Waals surface area contributed by atoms with Gasteiger partial charge in [-0.15, -0.1) is 0 Å². The molecule has 76 valence electrons. The van der Waals surface area contributed by atoms with Crippen LogP contribution < -0.4 is 10.6 Å². The molecule has 5 nitrogen and oxygen atoms in total. The molecule has 1 heterocycles. The van der Waals surface area contributed by atoms with E-state index in [1.807, 2.05) is 13.2 Å². The van der Waals surface area contributed by atoms with Crippen LogP contribution in [0.25, 0.3) is 0 Å². The van der Waals surface area contributed by atoms with E-state index in [0.717, 1.165) is 18.5 Å². The van der Waals surface area contributed by atoms with E-state index in [-0.39, 0.29) is 5.91 Å². The highest BCUT2D eigenvalue weighted by molar-refractivity contribution is 5.76. The quantitative estimate of drug-likeness (QED) is 0.720. The molecule has 1 aromatic rings. The highest BCUT2D eigenvalue weighted by atomic mass is 16.2. The zero-order valence-corrected chi connectivity index (χ0v) is 8.16. The molecule has 0 spiro atoms. The molecule has 1 aliphatic rings. The maximum atomic E-state index is 11.4. The zero-order chi connectivity index (χ0) is 9.97. The molecule has 2 rings (SSSR count). The van der Waals surface area contributed by atoms with Crippen LogP contribution in [0.2, 0.25) is 0 Å². The van der Waals surface area contributed by atoms with Crippen LogP contribution in [0.5, 0.6) is 0 Å². The average Bonchev–Trinajstić information content (AvgIpc) is 2.83. The Morgan fingerprint density at radius 3 is 3.07 bits per heavy atom. The van der Waals surface area contributed by atoms with E-state index in [9.17, 15) is 4.79 Å². The minimum Gasteiger partial charge on any atom is -0.386 e. The van der Waals surface area contributed by atoms with Crippen molar-refractivity contribution in [3.63, 3.8) is 0 Å². The Morgan fingerprint density at radius 1 is 1.71 bits per heavy atom. The number of hydrogen-bond donors (Lipinski definition) is 2. The number of carbonyl (C=O) groups is 1. The first-order valence-electron chi connectivity index (χ1n) is 4.77. The highest BCUT2D eigenvalue weighted by Gasteiger charge is 2.23. The molecule has 1 aliphatic carbocycles. The number of amides is 1. The molecule has 14 heavy (non-hydrogen) atoms. The summed E-state index contributed by atoms with van der Waals surface area (Å²) in [5.41, 5.74) is 0.921. The first-order chi connectivity index (χ1) is 6.78. The molecule has 2 N–H and O–H groups in total. The van der Waals surface area contributed by atoms with Crippen molar-refractivity contribution < 1.29 is 4.79 Å². The molecule has 1 saturated carbocycles. The van der Waals surface area contributed by atoms with Gasteiger partial charge in [-0.05, 0) is 12.8 Å². The number of anilines is 1. The number of nitrogens with one attached hydrogen (secondary N) is 2. The lowest BCUT2D eigenvalue weighted by molar-refractivity contribution is -0.122. The molecule has 0 aliphatic heterocycles.